The molecule has 110 valence electrons. The zero-order chi connectivity index (χ0) is 13.9. The van der Waals surface area contributed by atoms with Crippen LogP contribution in [0.5, 0.6) is 0 Å². The van der Waals surface area contributed by atoms with Crippen LogP contribution >= 0.6 is 15.9 Å². The van der Waals surface area contributed by atoms with Gasteiger partial charge in [0.25, 0.3) is 0 Å². The summed E-state index contributed by atoms with van der Waals surface area (Å²) in [6.45, 7) is 4.58. The Labute approximate surface area is 127 Å². The fraction of sp³-hybridized carbons (Fsp3) is 0.692. The summed E-state index contributed by atoms with van der Waals surface area (Å²) < 4.78 is 0.849. The Bertz CT molecular complexity index is 462. The van der Waals surface area contributed by atoms with Crippen LogP contribution in [-0.4, -0.2) is 47.1 Å². The molecule has 20 heavy (non-hydrogen) atoms. The molecule has 3 N–H and O–H groups in total. The van der Waals surface area contributed by atoms with E-state index in [1.54, 1.807) is 6.33 Å². The largest absolute Gasteiger partial charge is 0.354 e. The molecule has 0 saturated carbocycles. The Morgan fingerprint density at radius 1 is 1.20 bits per heavy atom. The van der Waals surface area contributed by atoms with Gasteiger partial charge in [-0.25, -0.2) is 15.8 Å². The Morgan fingerprint density at radius 3 is 2.75 bits per heavy atom. The molecule has 0 spiro atoms. The van der Waals surface area contributed by atoms with Crippen molar-refractivity contribution in [1.29, 1.82) is 0 Å². The second-order valence-corrected chi connectivity index (χ2v) is 6.28. The maximum absolute atomic E-state index is 5.47. The third-order valence-electron chi connectivity index (χ3n) is 4.28. The van der Waals surface area contributed by atoms with Crippen molar-refractivity contribution < 1.29 is 0 Å². The first-order valence-corrected chi connectivity index (χ1v) is 8.05. The predicted octanol–water partition coefficient (Wildman–Crippen LogP) is 1.59. The van der Waals surface area contributed by atoms with Gasteiger partial charge < -0.3 is 10.3 Å². The van der Waals surface area contributed by atoms with Crippen LogP contribution in [0, 0.1) is 0 Å². The monoisotopic (exact) mass is 340 g/mol. The fourth-order valence-corrected chi connectivity index (χ4v) is 3.77. The minimum Gasteiger partial charge on any atom is -0.354 e. The first-order chi connectivity index (χ1) is 9.79. The molecule has 0 aromatic carbocycles. The third-order valence-corrected chi connectivity index (χ3v) is 5.01. The summed E-state index contributed by atoms with van der Waals surface area (Å²) in [6.07, 6.45) is 6.84. The van der Waals surface area contributed by atoms with Gasteiger partial charge in [-0.2, -0.15) is 0 Å². The summed E-state index contributed by atoms with van der Waals surface area (Å²) >= 11 is 3.54. The van der Waals surface area contributed by atoms with E-state index >= 15 is 0 Å². The van der Waals surface area contributed by atoms with E-state index in [1.807, 2.05) is 0 Å². The number of aromatic nitrogens is 2. The Hall–Kier alpha value is -0.920. The topological polar surface area (TPSA) is 70.3 Å². The molecule has 3 rings (SSSR count). The minimum absolute atomic E-state index is 0.636. The van der Waals surface area contributed by atoms with Crippen LogP contribution in [0.4, 0.5) is 11.6 Å². The van der Waals surface area contributed by atoms with E-state index in [0.717, 1.165) is 23.4 Å². The van der Waals surface area contributed by atoms with Gasteiger partial charge in [-0.15, -0.1) is 0 Å². The number of piperidine rings is 1. The van der Waals surface area contributed by atoms with Crippen molar-refractivity contribution in [3.63, 3.8) is 0 Å². The zero-order valence-electron chi connectivity index (χ0n) is 11.6. The summed E-state index contributed by atoms with van der Waals surface area (Å²) in [5, 5.41) is 0. The summed E-state index contributed by atoms with van der Waals surface area (Å²) in [5.74, 6) is 7.04. The van der Waals surface area contributed by atoms with E-state index in [9.17, 15) is 0 Å². The van der Waals surface area contributed by atoms with Crippen molar-refractivity contribution in [2.24, 2.45) is 5.84 Å². The van der Waals surface area contributed by atoms with Gasteiger partial charge in [0, 0.05) is 19.1 Å². The van der Waals surface area contributed by atoms with Gasteiger partial charge in [0.2, 0.25) is 0 Å². The number of rotatable bonds is 3. The fourth-order valence-electron chi connectivity index (χ4n) is 3.20. The molecule has 0 bridgehead atoms. The molecular weight excluding hydrogens is 320 g/mol. The first kappa shape index (κ1) is 14.0. The lowest BCUT2D eigenvalue weighted by atomic mass is 10.1. The number of nitrogens with zero attached hydrogens (tertiary/aromatic N) is 4. The molecule has 1 aromatic heterocycles. The highest BCUT2D eigenvalue weighted by Crippen LogP contribution is 2.32. The Balaban J connectivity index is 1.70. The highest BCUT2D eigenvalue weighted by atomic mass is 79.9. The number of hydrogen-bond acceptors (Lipinski definition) is 6. The van der Waals surface area contributed by atoms with E-state index in [4.69, 9.17) is 5.84 Å². The smallest absolute Gasteiger partial charge is 0.159 e. The van der Waals surface area contributed by atoms with Gasteiger partial charge in [-0.1, -0.05) is 6.42 Å². The molecule has 2 saturated heterocycles. The summed E-state index contributed by atoms with van der Waals surface area (Å²) in [7, 11) is 0. The number of anilines is 2. The molecule has 1 unspecified atom stereocenters. The maximum atomic E-state index is 5.47. The van der Waals surface area contributed by atoms with Gasteiger partial charge >= 0.3 is 0 Å². The van der Waals surface area contributed by atoms with Gasteiger partial charge in [0.05, 0.1) is 0 Å². The second-order valence-electron chi connectivity index (χ2n) is 5.49. The number of hydrogen-bond donors (Lipinski definition) is 2. The number of nitrogen functional groups attached to an aromatic ring is 1. The van der Waals surface area contributed by atoms with Crippen LogP contribution < -0.4 is 16.2 Å². The molecule has 2 aliphatic rings. The molecule has 2 aliphatic heterocycles. The molecule has 6 nitrogen and oxygen atoms in total. The molecule has 0 radical (unpaired) electrons. The van der Waals surface area contributed by atoms with Gasteiger partial charge in [-0.05, 0) is 48.3 Å². The summed E-state index contributed by atoms with van der Waals surface area (Å²) in [5.41, 5.74) is 2.60. The number of nitrogens with one attached hydrogen (secondary N) is 1. The van der Waals surface area contributed by atoms with Gasteiger partial charge in [0.1, 0.15) is 16.6 Å². The quantitative estimate of drug-likeness (QED) is 0.643. The van der Waals surface area contributed by atoms with Crippen LogP contribution in [-0.2, 0) is 0 Å². The molecule has 0 amide bonds. The lowest BCUT2D eigenvalue weighted by Crippen LogP contribution is -2.41. The average Bonchev–Trinajstić information content (AvgIpc) is 2.98. The van der Waals surface area contributed by atoms with Crippen LogP contribution in [0.25, 0.3) is 0 Å². The number of halogens is 1. The molecule has 7 heteroatoms. The normalized spacial score (nSPS) is 24.1. The molecule has 1 atom stereocenters. The third kappa shape index (κ3) is 2.75. The minimum atomic E-state index is 0.636. The van der Waals surface area contributed by atoms with E-state index < -0.39 is 0 Å². The average molecular weight is 341 g/mol. The van der Waals surface area contributed by atoms with Crippen molar-refractivity contribution in [2.45, 2.75) is 31.7 Å². The van der Waals surface area contributed by atoms with E-state index in [-0.39, 0.29) is 0 Å². The van der Waals surface area contributed by atoms with Gasteiger partial charge in [-0.3, -0.25) is 4.90 Å². The highest BCUT2D eigenvalue weighted by Gasteiger charge is 2.30. The first-order valence-electron chi connectivity index (χ1n) is 7.25. The van der Waals surface area contributed by atoms with Crippen LogP contribution in [0.2, 0.25) is 0 Å². The standard InChI is InChI=1S/C13H21BrN6/c14-11-12(18-15)16-9-17-13(11)20-7-4-10(8-20)19-5-2-1-3-6-19/h9-10H,1-8,15H2,(H,16,17,18). The summed E-state index contributed by atoms with van der Waals surface area (Å²) in [6, 6.07) is 0.659. The van der Waals surface area contributed by atoms with Crippen molar-refractivity contribution >= 4 is 27.6 Å². The Morgan fingerprint density at radius 2 is 2.00 bits per heavy atom. The van der Waals surface area contributed by atoms with Crippen LogP contribution in [0.1, 0.15) is 25.7 Å². The SMILES string of the molecule is NNc1ncnc(N2CCC(N3CCCCC3)C2)c1Br. The molecule has 3 heterocycles. The van der Waals surface area contributed by atoms with Crippen molar-refractivity contribution in [3.05, 3.63) is 10.8 Å². The number of nitrogens with two attached hydrogens (primary N) is 1. The van der Waals surface area contributed by atoms with Gasteiger partial charge in [0.15, 0.2) is 5.82 Å². The lowest BCUT2D eigenvalue weighted by molar-refractivity contribution is 0.175. The van der Waals surface area contributed by atoms with Crippen LogP contribution in [0.3, 0.4) is 0 Å². The van der Waals surface area contributed by atoms with E-state index in [2.05, 4.69) is 41.1 Å². The number of likely N-dealkylation sites (tertiary alicyclic amines) is 1. The summed E-state index contributed by atoms with van der Waals surface area (Å²) in [4.78, 5) is 13.5. The Kier molecular flexibility index (Phi) is 4.38. The van der Waals surface area contributed by atoms with E-state index in [1.165, 1.54) is 38.8 Å². The molecule has 0 aliphatic carbocycles. The predicted molar refractivity (Wildman–Crippen MR) is 83.6 cm³/mol. The van der Waals surface area contributed by atoms with E-state index in [0.29, 0.717) is 11.9 Å². The van der Waals surface area contributed by atoms with Crippen molar-refractivity contribution in [2.75, 3.05) is 36.5 Å². The molecule has 2 fully saturated rings. The molecule has 1 aromatic rings. The lowest BCUT2D eigenvalue weighted by Gasteiger charge is -2.32. The van der Waals surface area contributed by atoms with Crippen molar-refractivity contribution in [1.82, 2.24) is 14.9 Å². The zero-order valence-corrected chi connectivity index (χ0v) is 13.1. The van der Waals surface area contributed by atoms with Crippen molar-refractivity contribution in [3.8, 4) is 0 Å². The maximum Gasteiger partial charge on any atom is 0.159 e. The second kappa shape index (κ2) is 6.24. The number of hydrazine groups is 1. The van der Waals surface area contributed by atoms with Crippen LogP contribution in [0.15, 0.2) is 10.8 Å². The highest BCUT2D eigenvalue weighted by molar-refractivity contribution is 9.10. The molecular formula is C13H21BrN6.